The maximum absolute atomic E-state index is 11.2. The Morgan fingerprint density at radius 3 is 2.86 bits per heavy atom. The van der Waals surface area contributed by atoms with Crippen molar-refractivity contribution in [3.8, 4) is 0 Å². The highest BCUT2D eigenvalue weighted by Gasteiger charge is 2.17. The summed E-state index contributed by atoms with van der Waals surface area (Å²) in [5, 5.41) is 15.2. The van der Waals surface area contributed by atoms with Crippen LogP contribution in [0.2, 0.25) is 0 Å². The van der Waals surface area contributed by atoms with E-state index in [2.05, 4.69) is 37.8 Å². The SMILES string of the molecule is CN(C)CCCNc1c([N+](=O)[O-])cnc2ccc(I)cc12. The lowest BCUT2D eigenvalue weighted by atomic mass is 10.1. The van der Waals surface area contributed by atoms with Gasteiger partial charge in [0.1, 0.15) is 11.9 Å². The molecule has 0 fully saturated rings. The van der Waals surface area contributed by atoms with E-state index in [0.29, 0.717) is 12.2 Å². The van der Waals surface area contributed by atoms with Gasteiger partial charge in [-0.1, -0.05) is 0 Å². The molecule has 0 radical (unpaired) electrons. The lowest BCUT2D eigenvalue weighted by Gasteiger charge is -2.12. The van der Waals surface area contributed by atoms with Gasteiger partial charge in [-0.05, 0) is 67.9 Å². The smallest absolute Gasteiger partial charge is 0.311 e. The van der Waals surface area contributed by atoms with Crippen molar-refractivity contribution in [2.45, 2.75) is 6.42 Å². The highest BCUT2D eigenvalue weighted by Crippen LogP contribution is 2.32. The molecule has 2 aromatic rings. The van der Waals surface area contributed by atoms with Crippen molar-refractivity contribution in [1.82, 2.24) is 9.88 Å². The predicted molar refractivity (Wildman–Crippen MR) is 92.8 cm³/mol. The summed E-state index contributed by atoms with van der Waals surface area (Å²) < 4.78 is 1.03. The van der Waals surface area contributed by atoms with Crippen LogP contribution in [0.15, 0.2) is 24.4 Å². The Hall–Kier alpha value is -1.48. The standard InChI is InChI=1S/C14H17IN4O2/c1-18(2)7-3-6-16-14-11-8-10(15)4-5-12(11)17-9-13(14)19(20)21/h4-5,8-9H,3,6-7H2,1-2H3,(H,16,17). The maximum atomic E-state index is 11.2. The van der Waals surface area contributed by atoms with Gasteiger partial charge in [0.25, 0.3) is 0 Å². The highest BCUT2D eigenvalue weighted by molar-refractivity contribution is 14.1. The predicted octanol–water partition coefficient (Wildman–Crippen LogP) is 3.11. The fourth-order valence-corrected chi connectivity index (χ4v) is 2.58. The first kappa shape index (κ1) is 15.9. The number of hydrogen-bond acceptors (Lipinski definition) is 5. The van der Waals surface area contributed by atoms with Crippen LogP contribution in [-0.4, -0.2) is 42.0 Å². The van der Waals surface area contributed by atoms with Gasteiger partial charge in [-0.2, -0.15) is 0 Å². The van der Waals surface area contributed by atoms with E-state index in [-0.39, 0.29) is 10.6 Å². The van der Waals surface area contributed by atoms with E-state index in [1.807, 2.05) is 32.3 Å². The monoisotopic (exact) mass is 400 g/mol. The Bertz CT molecular complexity index is 661. The fourth-order valence-electron chi connectivity index (χ4n) is 2.09. The van der Waals surface area contributed by atoms with Crippen molar-refractivity contribution >= 4 is 44.9 Å². The first-order valence-electron chi connectivity index (χ1n) is 6.60. The van der Waals surface area contributed by atoms with Crippen LogP contribution in [0.4, 0.5) is 11.4 Å². The zero-order chi connectivity index (χ0) is 15.4. The second kappa shape index (κ2) is 6.99. The molecule has 0 aliphatic carbocycles. The van der Waals surface area contributed by atoms with E-state index in [1.165, 1.54) is 6.20 Å². The molecule has 21 heavy (non-hydrogen) atoms. The lowest BCUT2D eigenvalue weighted by molar-refractivity contribution is -0.384. The van der Waals surface area contributed by atoms with Crippen molar-refractivity contribution in [1.29, 1.82) is 0 Å². The van der Waals surface area contributed by atoms with Crippen molar-refractivity contribution in [2.75, 3.05) is 32.5 Å². The van der Waals surface area contributed by atoms with Crippen LogP contribution >= 0.6 is 22.6 Å². The molecular weight excluding hydrogens is 383 g/mol. The van der Waals surface area contributed by atoms with E-state index < -0.39 is 0 Å². The number of nitrogens with one attached hydrogen (secondary N) is 1. The molecule has 0 spiro atoms. The van der Waals surface area contributed by atoms with Gasteiger partial charge in [-0.3, -0.25) is 10.1 Å². The van der Waals surface area contributed by atoms with Crippen LogP contribution in [0.25, 0.3) is 10.9 Å². The zero-order valence-electron chi connectivity index (χ0n) is 12.0. The van der Waals surface area contributed by atoms with Gasteiger partial charge in [0, 0.05) is 15.5 Å². The van der Waals surface area contributed by atoms with Crippen molar-refractivity contribution in [3.63, 3.8) is 0 Å². The lowest BCUT2D eigenvalue weighted by Crippen LogP contribution is -2.16. The molecule has 0 aliphatic rings. The van der Waals surface area contributed by atoms with Crippen LogP contribution in [0.1, 0.15) is 6.42 Å². The number of halogens is 1. The summed E-state index contributed by atoms with van der Waals surface area (Å²) in [5.41, 5.74) is 1.34. The van der Waals surface area contributed by atoms with Crippen LogP contribution in [0.3, 0.4) is 0 Å². The summed E-state index contributed by atoms with van der Waals surface area (Å²) in [5.74, 6) is 0. The molecule has 0 saturated carbocycles. The summed E-state index contributed by atoms with van der Waals surface area (Å²) in [4.78, 5) is 17.1. The molecule has 0 saturated heterocycles. The summed E-state index contributed by atoms with van der Waals surface area (Å²) in [6, 6.07) is 5.74. The Balaban J connectivity index is 2.34. The molecule has 1 aromatic heterocycles. The fraction of sp³-hybridized carbons (Fsp3) is 0.357. The second-order valence-electron chi connectivity index (χ2n) is 5.02. The Morgan fingerprint density at radius 2 is 2.19 bits per heavy atom. The molecule has 7 heteroatoms. The number of nitrogens with zero attached hydrogens (tertiary/aromatic N) is 3. The van der Waals surface area contributed by atoms with Crippen LogP contribution in [0.5, 0.6) is 0 Å². The van der Waals surface area contributed by atoms with E-state index in [9.17, 15) is 10.1 Å². The molecule has 0 aliphatic heterocycles. The molecular formula is C14H17IN4O2. The normalized spacial score (nSPS) is 11.0. The number of nitro groups is 1. The van der Waals surface area contributed by atoms with E-state index >= 15 is 0 Å². The second-order valence-corrected chi connectivity index (χ2v) is 6.27. The van der Waals surface area contributed by atoms with Crippen molar-refractivity contribution in [2.24, 2.45) is 0 Å². The third-order valence-electron chi connectivity index (χ3n) is 3.09. The minimum atomic E-state index is -0.388. The van der Waals surface area contributed by atoms with Crippen LogP contribution in [0, 0.1) is 13.7 Å². The summed E-state index contributed by atoms with van der Waals surface area (Å²) >= 11 is 2.20. The average molecular weight is 400 g/mol. The molecule has 1 heterocycles. The van der Waals surface area contributed by atoms with E-state index in [0.717, 1.165) is 27.4 Å². The molecule has 0 unspecified atom stereocenters. The average Bonchev–Trinajstić information content (AvgIpc) is 2.42. The summed E-state index contributed by atoms with van der Waals surface area (Å²) in [6.45, 7) is 1.62. The molecule has 0 bridgehead atoms. The minimum absolute atomic E-state index is 0.0225. The van der Waals surface area contributed by atoms with Crippen molar-refractivity contribution < 1.29 is 4.92 Å². The highest BCUT2D eigenvalue weighted by atomic mass is 127. The van der Waals surface area contributed by atoms with Gasteiger partial charge in [0.2, 0.25) is 0 Å². The van der Waals surface area contributed by atoms with Crippen molar-refractivity contribution in [3.05, 3.63) is 38.1 Å². The number of aromatic nitrogens is 1. The van der Waals surface area contributed by atoms with Gasteiger partial charge in [-0.25, -0.2) is 4.98 Å². The maximum Gasteiger partial charge on any atom is 0.311 e. The van der Waals surface area contributed by atoms with Gasteiger partial charge in [0.15, 0.2) is 0 Å². The zero-order valence-corrected chi connectivity index (χ0v) is 14.1. The number of rotatable bonds is 6. The molecule has 0 atom stereocenters. The third-order valence-corrected chi connectivity index (χ3v) is 3.76. The Kier molecular flexibility index (Phi) is 5.29. The molecule has 6 nitrogen and oxygen atoms in total. The van der Waals surface area contributed by atoms with Gasteiger partial charge < -0.3 is 10.2 Å². The Morgan fingerprint density at radius 1 is 1.43 bits per heavy atom. The number of fused-ring (bicyclic) bond motifs is 1. The number of benzene rings is 1. The first-order valence-corrected chi connectivity index (χ1v) is 7.68. The third kappa shape index (κ3) is 4.01. The number of pyridine rings is 1. The van der Waals surface area contributed by atoms with E-state index in [4.69, 9.17) is 0 Å². The number of anilines is 1. The topological polar surface area (TPSA) is 71.3 Å². The quantitative estimate of drug-likeness (QED) is 0.349. The Labute approximate surface area is 136 Å². The first-order chi connectivity index (χ1) is 9.99. The molecule has 2 rings (SSSR count). The van der Waals surface area contributed by atoms with Crippen LogP contribution < -0.4 is 5.32 Å². The molecule has 1 N–H and O–H groups in total. The summed E-state index contributed by atoms with van der Waals surface area (Å²) in [7, 11) is 4.01. The van der Waals surface area contributed by atoms with Gasteiger partial charge in [-0.15, -0.1) is 0 Å². The largest absolute Gasteiger partial charge is 0.379 e. The molecule has 112 valence electrons. The molecule has 1 aromatic carbocycles. The van der Waals surface area contributed by atoms with E-state index in [1.54, 1.807) is 0 Å². The molecule has 0 amide bonds. The minimum Gasteiger partial charge on any atom is -0.379 e. The van der Waals surface area contributed by atoms with Crippen LogP contribution in [-0.2, 0) is 0 Å². The summed E-state index contributed by atoms with van der Waals surface area (Å²) in [6.07, 6.45) is 2.24. The van der Waals surface area contributed by atoms with Gasteiger partial charge >= 0.3 is 5.69 Å². The van der Waals surface area contributed by atoms with Gasteiger partial charge in [0.05, 0.1) is 10.4 Å². The number of hydrogen-bond donors (Lipinski definition) is 1.